The maximum Gasteiger partial charge on any atom is 0.460 e. The van der Waals surface area contributed by atoms with Crippen molar-refractivity contribution in [2.24, 2.45) is 0 Å². The predicted molar refractivity (Wildman–Crippen MR) is 50.1 cm³/mol. The maximum atomic E-state index is 12.1. The van der Waals surface area contributed by atoms with Crippen LogP contribution in [0.3, 0.4) is 0 Å². The van der Waals surface area contributed by atoms with Gasteiger partial charge >= 0.3 is 12.0 Å². The lowest BCUT2D eigenvalue weighted by Gasteiger charge is -1.99. The van der Waals surface area contributed by atoms with E-state index in [1.165, 1.54) is 0 Å². The van der Waals surface area contributed by atoms with Crippen LogP contribution in [-0.2, 0) is 0 Å². The molecule has 2 rings (SSSR count). The number of nitrogens with zero attached hydrogens (tertiary/aromatic N) is 2. The minimum Gasteiger partial charge on any atom is -0.413 e. The standard InChI is InChI=1S/C10H5F3N2O2/c11-10(12,13)7(16)9-15-14-8(17-9)6-4-2-1-3-5-6/h1-5H. The van der Waals surface area contributed by atoms with Gasteiger partial charge in [0.25, 0.3) is 5.89 Å². The van der Waals surface area contributed by atoms with Gasteiger partial charge in [-0.15, -0.1) is 10.2 Å². The van der Waals surface area contributed by atoms with Gasteiger partial charge in [-0.3, -0.25) is 4.79 Å². The molecule has 0 saturated heterocycles. The fourth-order valence-corrected chi connectivity index (χ4v) is 1.13. The molecule has 88 valence electrons. The second kappa shape index (κ2) is 4.00. The Morgan fingerprint density at radius 3 is 2.35 bits per heavy atom. The summed E-state index contributed by atoms with van der Waals surface area (Å²) in [5.41, 5.74) is 0.446. The van der Waals surface area contributed by atoms with E-state index in [9.17, 15) is 18.0 Å². The van der Waals surface area contributed by atoms with E-state index in [0.717, 1.165) is 0 Å². The Hall–Kier alpha value is -2.18. The van der Waals surface area contributed by atoms with Gasteiger partial charge in [0.15, 0.2) is 0 Å². The summed E-state index contributed by atoms with van der Waals surface area (Å²) in [4.78, 5) is 10.8. The van der Waals surface area contributed by atoms with E-state index in [-0.39, 0.29) is 5.89 Å². The topological polar surface area (TPSA) is 56.0 Å². The lowest BCUT2D eigenvalue weighted by molar-refractivity contribution is -0.0903. The van der Waals surface area contributed by atoms with E-state index in [1.54, 1.807) is 30.3 Å². The van der Waals surface area contributed by atoms with Crippen molar-refractivity contribution in [3.8, 4) is 11.5 Å². The number of carbonyl (C=O) groups is 1. The van der Waals surface area contributed by atoms with Crippen molar-refractivity contribution in [2.45, 2.75) is 6.18 Å². The number of hydrogen-bond acceptors (Lipinski definition) is 4. The van der Waals surface area contributed by atoms with Gasteiger partial charge in [-0.2, -0.15) is 13.2 Å². The molecule has 0 aliphatic carbocycles. The van der Waals surface area contributed by atoms with E-state index in [0.29, 0.717) is 5.56 Å². The largest absolute Gasteiger partial charge is 0.460 e. The second-order valence-electron chi connectivity index (χ2n) is 3.11. The van der Waals surface area contributed by atoms with Crippen molar-refractivity contribution in [2.75, 3.05) is 0 Å². The summed E-state index contributed by atoms with van der Waals surface area (Å²) in [6, 6.07) is 8.20. The van der Waals surface area contributed by atoms with Gasteiger partial charge in [0.1, 0.15) is 0 Å². The van der Waals surface area contributed by atoms with Gasteiger partial charge < -0.3 is 4.42 Å². The number of ketones is 1. The Morgan fingerprint density at radius 1 is 1.12 bits per heavy atom. The molecule has 0 fully saturated rings. The zero-order valence-electron chi connectivity index (χ0n) is 8.23. The van der Waals surface area contributed by atoms with Crippen LogP contribution in [-0.4, -0.2) is 22.2 Å². The molecule has 0 saturated carbocycles. The normalized spacial score (nSPS) is 11.5. The van der Waals surface area contributed by atoms with Crippen LogP contribution in [0.2, 0.25) is 0 Å². The molecular weight excluding hydrogens is 237 g/mol. The van der Waals surface area contributed by atoms with Crippen molar-refractivity contribution >= 4 is 5.78 Å². The lowest BCUT2D eigenvalue weighted by atomic mass is 10.2. The summed E-state index contributed by atoms with van der Waals surface area (Å²) >= 11 is 0. The summed E-state index contributed by atoms with van der Waals surface area (Å²) < 4.78 is 40.9. The predicted octanol–water partition coefficient (Wildman–Crippen LogP) is 2.48. The van der Waals surface area contributed by atoms with Crippen LogP contribution in [0.15, 0.2) is 34.7 Å². The summed E-state index contributed by atoms with van der Waals surface area (Å²) in [5.74, 6) is -3.33. The molecule has 0 aliphatic rings. The first kappa shape index (κ1) is 11.3. The average Bonchev–Trinajstić information content (AvgIpc) is 2.77. The van der Waals surface area contributed by atoms with E-state index in [4.69, 9.17) is 0 Å². The van der Waals surface area contributed by atoms with Gasteiger partial charge in [0.05, 0.1) is 0 Å². The molecule has 0 radical (unpaired) electrons. The number of halogens is 3. The molecule has 0 amide bonds. The third-order valence-corrected chi connectivity index (χ3v) is 1.90. The van der Waals surface area contributed by atoms with Crippen molar-refractivity contribution in [1.29, 1.82) is 0 Å². The summed E-state index contributed by atoms with van der Waals surface area (Å²) in [5, 5.41) is 6.46. The highest BCUT2D eigenvalue weighted by Gasteiger charge is 2.43. The zero-order chi connectivity index (χ0) is 12.5. The number of alkyl halides is 3. The monoisotopic (exact) mass is 242 g/mol. The Kier molecular flexibility index (Phi) is 2.66. The van der Waals surface area contributed by atoms with Crippen LogP contribution in [0.5, 0.6) is 0 Å². The highest BCUT2D eigenvalue weighted by atomic mass is 19.4. The molecular formula is C10H5F3N2O2. The number of carbonyl (C=O) groups excluding carboxylic acids is 1. The molecule has 7 heteroatoms. The van der Waals surface area contributed by atoms with Crippen LogP contribution in [0, 0.1) is 0 Å². The third-order valence-electron chi connectivity index (χ3n) is 1.90. The first-order valence-electron chi connectivity index (χ1n) is 4.49. The van der Waals surface area contributed by atoms with Gasteiger partial charge in [-0.25, -0.2) is 0 Å². The van der Waals surface area contributed by atoms with Gasteiger partial charge in [0.2, 0.25) is 5.89 Å². The summed E-state index contributed by atoms with van der Waals surface area (Å²) in [7, 11) is 0. The van der Waals surface area contributed by atoms with E-state index >= 15 is 0 Å². The molecule has 0 aliphatic heterocycles. The molecule has 1 aromatic heterocycles. The molecule has 0 unspecified atom stereocenters. The van der Waals surface area contributed by atoms with E-state index in [1.807, 2.05) is 0 Å². The van der Waals surface area contributed by atoms with Crippen molar-refractivity contribution < 1.29 is 22.4 Å². The number of aromatic nitrogens is 2. The van der Waals surface area contributed by atoms with Crippen LogP contribution in [0.1, 0.15) is 10.7 Å². The quantitative estimate of drug-likeness (QED) is 0.759. The maximum absolute atomic E-state index is 12.1. The first-order valence-corrected chi connectivity index (χ1v) is 4.49. The molecule has 4 nitrogen and oxygen atoms in total. The first-order chi connectivity index (χ1) is 7.98. The number of rotatable bonds is 2. The average molecular weight is 242 g/mol. The Balaban J connectivity index is 2.32. The molecule has 0 spiro atoms. The SMILES string of the molecule is O=C(c1nnc(-c2ccccc2)o1)C(F)(F)F. The van der Waals surface area contributed by atoms with E-state index in [2.05, 4.69) is 14.6 Å². The van der Waals surface area contributed by atoms with Crippen LogP contribution in [0.25, 0.3) is 11.5 Å². The molecule has 0 N–H and O–H groups in total. The molecule has 2 aromatic rings. The lowest BCUT2D eigenvalue weighted by Crippen LogP contribution is -2.22. The van der Waals surface area contributed by atoms with Crippen molar-refractivity contribution in [1.82, 2.24) is 10.2 Å². The van der Waals surface area contributed by atoms with Crippen molar-refractivity contribution in [3.63, 3.8) is 0 Å². The van der Waals surface area contributed by atoms with Crippen LogP contribution >= 0.6 is 0 Å². The summed E-state index contributed by atoms with van der Waals surface area (Å²) in [6.07, 6.45) is -5.01. The Bertz CT molecular complexity index is 534. The van der Waals surface area contributed by atoms with Crippen LogP contribution in [0.4, 0.5) is 13.2 Å². The minimum atomic E-state index is -5.01. The molecule has 17 heavy (non-hydrogen) atoms. The highest BCUT2D eigenvalue weighted by Crippen LogP contribution is 2.23. The smallest absolute Gasteiger partial charge is 0.413 e. The fourth-order valence-electron chi connectivity index (χ4n) is 1.13. The van der Waals surface area contributed by atoms with Gasteiger partial charge in [-0.1, -0.05) is 18.2 Å². The fraction of sp³-hybridized carbons (Fsp3) is 0.100. The molecule has 1 heterocycles. The second-order valence-corrected chi connectivity index (χ2v) is 3.11. The van der Waals surface area contributed by atoms with Gasteiger partial charge in [-0.05, 0) is 12.1 Å². The third kappa shape index (κ3) is 2.32. The highest BCUT2D eigenvalue weighted by molar-refractivity contribution is 5.96. The van der Waals surface area contributed by atoms with E-state index < -0.39 is 17.9 Å². The zero-order valence-corrected chi connectivity index (χ0v) is 8.23. The number of hydrogen-bond donors (Lipinski definition) is 0. The summed E-state index contributed by atoms with van der Waals surface area (Å²) in [6.45, 7) is 0. The Labute approximate surface area is 93.1 Å². The molecule has 0 bridgehead atoms. The number of benzene rings is 1. The molecule has 0 atom stereocenters. The van der Waals surface area contributed by atoms with Gasteiger partial charge in [0, 0.05) is 5.56 Å². The van der Waals surface area contributed by atoms with Crippen LogP contribution < -0.4 is 0 Å². The minimum absolute atomic E-state index is 0.127. The Morgan fingerprint density at radius 2 is 1.76 bits per heavy atom. The molecule has 1 aromatic carbocycles. The number of Topliss-reactive ketones (excluding diaryl/α,β-unsaturated/α-hetero) is 1. The van der Waals surface area contributed by atoms with Crippen molar-refractivity contribution in [3.05, 3.63) is 36.2 Å².